The van der Waals surface area contributed by atoms with E-state index in [4.69, 9.17) is 15.5 Å². The smallest absolute Gasteiger partial charge is 0.267 e. The van der Waals surface area contributed by atoms with Crippen LogP contribution in [0.5, 0.6) is 5.75 Å². The lowest BCUT2D eigenvalue weighted by atomic mass is 9.99. The molecule has 0 saturated carbocycles. The van der Waals surface area contributed by atoms with Crippen LogP contribution in [-0.4, -0.2) is 18.0 Å². The average Bonchev–Trinajstić information content (AvgIpc) is 3.34. The number of hydrogen-bond donors (Lipinski definition) is 2. The number of nitrogens with zero attached hydrogens (tertiary/aromatic N) is 1. The molecule has 0 spiro atoms. The van der Waals surface area contributed by atoms with Gasteiger partial charge in [-0.2, -0.15) is 0 Å². The van der Waals surface area contributed by atoms with E-state index in [1.54, 1.807) is 7.11 Å². The van der Waals surface area contributed by atoms with Crippen LogP contribution in [0.1, 0.15) is 9.67 Å². The van der Waals surface area contributed by atoms with Gasteiger partial charge < -0.3 is 15.8 Å². The number of pyridine rings is 1. The molecule has 190 valence electrons. The van der Waals surface area contributed by atoms with E-state index in [0.29, 0.717) is 21.1 Å². The number of rotatable bonds is 6. The summed E-state index contributed by atoms with van der Waals surface area (Å²) < 4.78 is 5.35. The van der Waals surface area contributed by atoms with Crippen LogP contribution >= 0.6 is 11.3 Å². The molecule has 0 unspecified atom stereocenters. The summed E-state index contributed by atoms with van der Waals surface area (Å²) in [6, 6.07) is 37.8. The topological polar surface area (TPSA) is 77.2 Å². The molecule has 6 aromatic rings. The molecule has 39 heavy (non-hydrogen) atoms. The molecule has 0 aliphatic rings. The first-order chi connectivity index (χ1) is 19.1. The molecule has 4 aromatic carbocycles. The first kappa shape index (κ1) is 24.4. The van der Waals surface area contributed by atoms with E-state index in [2.05, 4.69) is 17.4 Å². The highest BCUT2D eigenvalue weighted by atomic mass is 32.1. The zero-order chi connectivity index (χ0) is 26.8. The number of nitrogens with one attached hydrogen (secondary N) is 1. The number of benzene rings is 4. The van der Waals surface area contributed by atoms with Gasteiger partial charge in [0.15, 0.2) is 0 Å². The van der Waals surface area contributed by atoms with E-state index < -0.39 is 0 Å². The number of amides is 1. The summed E-state index contributed by atoms with van der Waals surface area (Å²) >= 11 is 1.30. The lowest BCUT2D eigenvalue weighted by Crippen LogP contribution is -2.11. The normalized spacial score (nSPS) is 10.9. The van der Waals surface area contributed by atoms with Gasteiger partial charge in [0, 0.05) is 16.6 Å². The predicted octanol–water partition coefficient (Wildman–Crippen LogP) is 8.14. The van der Waals surface area contributed by atoms with Crippen molar-refractivity contribution in [2.75, 3.05) is 18.2 Å². The minimum Gasteiger partial charge on any atom is -0.497 e. The number of nitrogen functional groups attached to an aromatic ring is 1. The summed E-state index contributed by atoms with van der Waals surface area (Å²) in [7, 11) is 1.64. The van der Waals surface area contributed by atoms with E-state index in [1.165, 1.54) is 11.3 Å². The van der Waals surface area contributed by atoms with Crippen molar-refractivity contribution in [3.05, 3.63) is 120 Å². The van der Waals surface area contributed by atoms with Gasteiger partial charge in [-0.1, -0.05) is 84.9 Å². The highest BCUT2D eigenvalue weighted by Crippen LogP contribution is 2.42. The number of carbonyl (C=O) groups is 1. The molecule has 0 aliphatic heterocycles. The quantitative estimate of drug-likeness (QED) is 0.229. The van der Waals surface area contributed by atoms with E-state index >= 15 is 0 Å². The predicted molar refractivity (Wildman–Crippen MR) is 161 cm³/mol. The largest absolute Gasteiger partial charge is 0.497 e. The van der Waals surface area contributed by atoms with Crippen LogP contribution in [0.25, 0.3) is 43.7 Å². The molecular weight excluding hydrogens is 502 g/mol. The summed E-state index contributed by atoms with van der Waals surface area (Å²) in [6.07, 6.45) is 0. The third kappa shape index (κ3) is 4.85. The van der Waals surface area contributed by atoms with Crippen molar-refractivity contribution < 1.29 is 9.53 Å². The van der Waals surface area contributed by atoms with Crippen molar-refractivity contribution >= 4 is 38.8 Å². The number of aromatic nitrogens is 1. The van der Waals surface area contributed by atoms with Crippen LogP contribution in [0.3, 0.4) is 0 Å². The number of ether oxygens (including phenoxy) is 1. The summed E-state index contributed by atoms with van der Waals surface area (Å²) in [5.41, 5.74) is 13.7. The summed E-state index contributed by atoms with van der Waals surface area (Å²) in [6.45, 7) is 0. The second-order valence-corrected chi connectivity index (χ2v) is 10.1. The third-order valence-electron chi connectivity index (χ3n) is 6.63. The van der Waals surface area contributed by atoms with Gasteiger partial charge in [-0.25, -0.2) is 4.98 Å². The molecule has 0 fully saturated rings. The van der Waals surface area contributed by atoms with E-state index in [1.807, 2.05) is 103 Å². The molecule has 0 atom stereocenters. The van der Waals surface area contributed by atoms with Gasteiger partial charge in [-0.05, 0) is 52.6 Å². The van der Waals surface area contributed by atoms with Gasteiger partial charge in [0.25, 0.3) is 5.91 Å². The zero-order valence-corrected chi connectivity index (χ0v) is 22.0. The number of nitrogens with two attached hydrogens (primary N) is 1. The fourth-order valence-electron chi connectivity index (χ4n) is 4.61. The molecular formula is C33H25N3O2S. The molecule has 3 N–H and O–H groups in total. The molecule has 0 aliphatic carbocycles. The Bertz CT molecular complexity index is 1760. The molecule has 2 heterocycles. The maximum atomic E-state index is 13.4. The fourth-order valence-corrected chi connectivity index (χ4v) is 5.62. The van der Waals surface area contributed by atoms with E-state index in [9.17, 15) is 4.79 Å². The van der Waals surface area contributed by atoms with Crippen molar-refractivity contribution in [1.82, 2.24) is 4.98 Å². The van der Waals surface area contributed by atoms with Gasteiger partial charge in [-0.15, -0.1) is 11.3 Å². The number of fused-ring (bicyclic) bond motifs is 1. The number of hydrogen-bond acceptors (Lipinski definition) is 5. The molecule has 2 aromatic heterocycles. The summed E-state index contributed by atoms with van der Waals surface area (Å²) in [4.78, 5) is 19.5. The van der Waals surface area contributed by atoms with Crippen molar-refractivity contribution in [1.29, 1.82) is 0 Å². The van der Waals surface area contributed by atoms with E-state index in [-0.39, 0.29) is 5.91 Å². The Balaban J connectivity index is 1.39. The van der Waals surface area contributed by atoms with Crippen LogP contribution in [0.4, 0.5) is 11.4 Å². The Morgan fingerprint density at radius 1 is 0.769 bits per heavy atom. The Morgan fingerprint density at radius 2 is 1.36 bits per heavy atom. The minimum atomic E-state index is -0.259. The third-order valence-corrected chi connectivity index (χ3v) is 7.72. The molecule has 0 saturated heterocycles. The number of carbonyl (C=O) groups excluding carboxylic acids is 1. The maximum Gasteiger partial charge on any atom is 0.267 e. The minimum absolute atomic E-state index is 0.259. The Labute approximate surface area is 230 Å². The van der Waals surface area contributed by atoms with Crippen LogP contribution in [0, 0.1) is 0 Å². The van der Waals surface area contributed by atoms with Crippen LogP contribution in [0.2, 0.25) is 0 Å². The lowest BCUT2D eigenvalue weighted by Gasteiger charge is -2.10. The van der Waals surface area contributed by atoms with Crippen molar-refractivity contribution in [2.45, 2.75) is 0 Å². The molecule has 0 radical (unpaired) electrons. The molecule has 1 amide bonds. The van der Waals surface area contributed by atoms with Crippen molar-refractivity contribution in [3.8, 4) is 39.3 Å². The SMILES string of the molecule is COc1ccc(-c2cc(-c3ccccc3)nc3sc(C(=O)Nc4ccc(-c5ccccc5)cc4)c(N)c23)cc1. The van der Waals surface area contributed by atoms with Gasteiger partial charge in [0.2, 0.25) is 0 Å². The van der Waals surface area contributed by atoms with Gasteiger partial charge in [0.1, 0.15) is 15.5 Å². The van der Waals surface area contributed by atoms with Gasteiger partial charge >= 0.3 is 0 Å². The highest BCUT2D eigenvalue weighted by Gasteiger charge is 2.22. The monoisotopic (exact) mass is 527 g/mol. The van der Waals surface area contributed by atoms with Crippen molar-refractivity contribution in [2.24, 2.45) is 0 Å². The second kappa shape index (κ2) is 10.4. The van der Waals surface area contributed by atoms with Gasteiger partial charge in [-0.3, -0.25) is 4.79 Å². The Morgan fingerprint density at radius 3 is 2.00 bits per heavy atom. The number of thiophene rings is 1. The van der Waals surface area contributed by atoms with Crippen LogP contribution < -0.4 is 15.8 Å². The molecule has 6 rings (SSSR count). The standard InChI is InChI=1S/C33H25N3O2S/c1-38-26-18-14-23(15-19-26)27-20-28(24-10-6-3-7-11-24)36-33-29(27)30(34)31(39-33)32(37)35-25-16-12-22(13-17-25)21-8-4-2-5-9-21/h2-20H,34H2,1H3,(H,35,37). The summed E-state index contributed by atoms with van der Waals surface area (Å²) in [5.74, 6) is 0.508. The fraction of sp³-hybridized carbons (Fsp3) is 0.0303. The van der Waals surface area contributed by atoms with Crippen LogP contribution in [0.15, 0.2) is 115 Å². The zero-order valence-electron chi connectivity index (χ0n) is 21.2. The maximum absolute atomic E-state index is 13.4. The first-order valence-corrected chi connectivity index (χ1v) is 13.3. The first-order valence-electron chi connectivity index (χ1n) is 12.5. The average molecular weight is 528 g/mol. The molecule has 6 heteroatoms. The van der Waals surface area contributed by atoms with Crippen LogP contribution in [-0.2, 0) is 0 Å². The Hall–Kier alpha value is -4.94. The second-order valence-electron chi connectivity index (χ2n) is 9.07. The molecule has 0 bridgehead atoms. The van der Waals surface area contributed by atoms with Gasteiger partial charge in [0.05, 0.1) is 18.5 Å². The highest BCUT2D eigenvalue weighted by molar-refractivity contribution is 7.21. The van der Waals surface area contributed by atoms with Crippen molar-refractivity contribution in [3.63, 3.8) is 0 Å². The molecule has 5 nitrogen and oxygen atoms in total. The Kier molecular flexibility index (Phi) is 6.53. The number of methoxy groups -OCH3 is 1. The number of anilines is 2. The summed E-state index contributed by atoms with van der Waals surface area (Å²) in [5, 5.41) is 3.78. The lowest BCUT2D eigenvalue weighted by molar-refractivity contribution is 0.103. The van der Waals surface area contributed by atoms with E-state index in [0.717, 1.165) is 44.6 Å².